The first-order valence-electron chi connectivity index (χ1n) is 8.91. The summed E-state index contributed by atoms with van der Waals surface area (Å²) in [6, 6.07) is 17.5. The van der Waals surface area contributed by atoms with Gasteiger partial charge in [-0.25, -0.2) is 0 Å². The fraction of sp³-hybridized carbons (Fsp3) is 0.182. The molecule has 0 bridgehead atoms. The Morgan fingerprint density at radius 3 is 2.29 bits per heavy atom. The molecule has 3 rings (SSSR count). The molecule has 28 heavy (non-hydrogen) atoms. The third kappa shape index (κ3) is 4.64. The van der Waals surface area contributed by atoms with Gasteiger partial charge in [0.1, 0.15) is 6.04 Å². The predicted octanol–water partition coefficient (Wildman–Crippen LogP) is 5.54. The predicted molar refractivity (Wildman–Crippen MR) is 115 cm³/mol. The minimum atomic E-state index is -0.717. The van der Waals surface area contributed by atoms with Crippen molar-refractivity contribution >= 4 is 51.5 Å². The molecule has 0 spiro atoms. The summed E-state index contributed by atoms with van der Waals surface area (Å²) in [5.74, 6) is -0.826. The van der Waals surface area contributed by atoms with Crippen LogP contribution in [0.1, 0.15) is 24.2 Å². The molecule has 3 aromatic rings. The van der Waals surface area contributed by atoms with Crippen LogP contribution in [0, 0.1) is 5.92 Å². The Kier molecular flexibility index (Phi) is 6.22. The van der Waals surface area contributed by atoms with E-state index in [-0.39, 0.29) is 22.4 Å². The maximum atomic E-state index is 12.8. The van der Waals surface area contributed by atoms with Crippen molar-refractivity contribution in [2.75, 3.05) is 5.32 Å². The number of hydrogen-bond acceptors (Lipinski definition) is 2. The quantitative estimate of drug-likeness (QED) is 0.575. The minimum Gasteiger partial charge on any atom is -0.340 e. The molecule has 0 fully saturated rings. The van der Waals surface area contributed by atoms with Crippen molar-refractivity contribution in [3.63, 3.8) is 0 Å². The molecule has 144 valence electrons. The number of carbonyl (C=O) groups excluding carboxylic acids is 2. The summed E-state index contributed by atoms with van der Waals surface area (Å²) in [7, 11) is 0. The second kappa shape index (κ2) is 8.63. The maximum absolute atomic E-state index is 12.8. The van der Waals surface area contributed by atoms with Gasteiger partial charge in [0.2, 0.25) is 5.91 Å². The summed E-state index contributed by atoms with van der Waals surface area (Å²) < 4.78 is 0. The van der Waals surface area contributed by atoms with E-state index in [1.807, 2.05) is 56.3 Å². The summed E-state index contributed by atoms with van der Waals surface area (Å²) in [6.45, 7) is 3.74. The number of rotatable bonds is 5. The lowest BCUT2D eigenvalue weighted by Gasteiger charge is -2.22. The second-order valence-electron chi connectivity index (χ2n) is 6.87. The van der Waals surface area contributed by atoms with Crippen LogP contribution in [0.5, 0.6) is 0 Å². The summed E-state index contributed by atoms with van der Waals surface area (Å²) in [5, 5.41) is 8.45. The van der Waals surface area contributed by atoms with Crippen LogP contribution in [0.3, 0.4) is 0 Å². The standard InChI is InChI=1S/C22H20Cl2N2O2/c1-13(2)20(26-21(27)18-10-8-16(23)12-19(18)24)22(28)25-17-9-7-14-5-3-4-6-15(14)11-17/h3-13,20H,1-2H3,(H,25,28)(H,26,27). The van der Waals surface area contributed by atoms with E-state index >= 15 is 0 Å². The number of benzene rings is 3. The van der Waals surface area contributed by atoms with Crippen LogP contribution in [0.4, 0.5) is 5.69 Å². The van der Waals surface area contributed by atoms with Gasteiger partial charge in [0.25, 0.3) is 5.91 Å². The fourth-order valence-corrected chi connectivity index (χ4v) is 3.41. The molecule has 0 aliphatic carbocycles. The van der Waals surface area contributed by atoms with Gasteiger partial charge in [0.05, 0.1) is 10.6 Å². The molecule has 0 aliphatic rings. The van der Waals surface area contributed by atoms with E-state index in [1.165, 1.54) is 6.07 Å². The van der Waals surface area contributed by atoms with Gasteiger partial charge in [0.15, 0.2) is 0 Å². The normalized spacial score (nSPS) is 12.0. The fourth-order valence-electron chi connectivity index (χ4n) is 2.91. The SMILES string of the molecule is CC(C)C(NC(=O)c1ccc(Cl)cc1Cl)C(=O)Nc1ccc2ccccc2c1. The van der Waals surface area contributed by atoms with Crippen molar-refractivity contribution in [2.24, 2.45) is 5.92 Å². The summed E-state index contributed by atoms with van der Waals surface area (Å²) in [5.41, 5.74) is 0.948. The van der Waals surface area contributed by atoms with Crippen LogP contribution in [0.2, 0.25) is 10.0 Å². The molecule has 2 N–H and O–H groups in total. The molecule has 3 aromatic carbocycles. The minimum absolute atomic E-state index is 0.115. The highest BCUT2D eigenvalue weighted by Crippen LogP contribution is 2.22. The largest absolute Gasteiger partial charge is 0.340 e. The molecule has 0 saturated heterocycles. The monoisotopic (exact) mass is 414 g/mol. The van der Waals surface area contributed by atoms with Gasteiger partial charge in [-0.05, 0) is 47.0 Å². The lowest BCUT2D eigenvalue weighted by molar-refractivity contribution is -0.118. The van der Waals surface area contributed by atoms with Gasteiger partial charge in [0, 0.05) is 10.7 Å². The maximum Gasteiger partial charge on any atom is 0.253 e. The van der Waals surface area contributed by atoms with Gasteiger partial charge >= 0.3 is 0 Å². The summed E-state index contributed by atoms with van der Waals surface area (Å²) in [6.07, 6.45) is 0. The Bertz CT molecular complexity index is 1030. The van der Waals surface area contributed by atoms with Gasteiger partial charge < -0.3 is 10.6 Å². The zero-order valence-electron chi connectivity index (χ0n) is 15.5. The molecule has 4 nitrogen and oxygen atoms in total. The molecule has 0 aromatic heterocycles. The lowest BCUT2D eigenvalue weighted by atomic mass is 10.0. The first-order chi connectivity index (χ1) is 13.3. The average Bonchev–Trinajstić information content (AvgIpc) is 2.65. The highest BCUT2D eigenvalue weighted by Gasteiger charge is 2.25. The van der Waals surface area contributed by atoms with Crippen molar-refractivity contribution in [1.82, 2.24) is 5.32 Å². The molecule has 6 heteroatoms. The van der Waals surface area contributed by atoms with Gasteiger partial charge in [-0.2, -0.15) is 0 Å². The van der Waals surface area contributed by atoms with E-state index in [9.17, 15) is 9.59 Å². The van der Waals surface area contributed by atoms with Gasteiger partial charge in [-0.1, -0.05) is 67.4 Å². The number of halogens is 2. The highest BCUT2D eigenvalue weighted by molar-refractivity contribution is 6.36. The topological polar surface area (TPSA) is 58.2 Å². The molecular formula is C22H20Cl2N2O2. The van der Waals surface area contributed by atoms with Crippen LogP contribution < -0.4 is 10.6 Å². The van der Waals surface area contributed by atoms with Crippen LogP contribution in [0.25, 0.3) is 10.8 Å². The molecule has 0 radical (unpaired) electrons. The molecule has 0 heterocycles. The van der Waals surface area contributed by atoms with Crippen LogP contribution >= 0.6 is 23.2 Å². The third-order valence-electron chi connectivity index (χ3n) is 4.43. The number of nitrogens with one attached hydrogen (secondary N) is 2. The first-order valence-corrected chi connectivity index (χ1v) is 9.66. The number of anilines is 1. The average molecular weight is 415 g/mol. The number of amides is 2. The smallest absolute Gasteiger partial charge is 0.253 e. The third-order valence-corrected chi connectivity index (χ3v) is 4.98. The summed E-state index contributed by atoms with van der Waals surface area (Å²) in [4.78, 5) is 25.4. The Morgan fingerprint density at radius 2 is 1.61 bits per heavy atom. The zero-order chi connectivity index (χ0) is 20.3. The molecule has 1 unspecified atom stereocenters. The van der Waals surface area contributed by atoms with Crippen molar-refractivity contribution in [2.45, 2.75) is 19.9 Å². The van der Waals surface area contributed by atoms with Crippen LogP contribution in [-0.4, -0.2) is 17.9 Å². The Morgan fingerprint density at radius 1 is 0.893 bits per heavy atom. The zero-order valence-corrected chi connectivity index (χ0v) is 17.0. The van der Waals surface area contributed by atoms with Crippen LogP contribution in [0.15, 0.2) is 60.7 Å². The van der Waals surface area contributed by atoms with Crippen molar-refractivity contribution in [1.29, 1.82) is 0 Å². The highest BCUT2D eigenvalue weighted by atomic mass is 35.5. The van der Waals surface area contributed by atoms with E-state index in [2.05, 4.69) is 10.6 Å². The van der Waals surface area contributed by atoms with E-state index < -0.39 is 11.9 Å². The van der Waals surface area contributed by atoms with Gasteiger partial charge in [-0.15, -0.1) is 0 Å². The lowest BCUT2D eigenvalue weighted by Crippen LogP contribution is -2.47. The Labute approximate surface area is 173 Å². The van der Waals surface area contributed by atoms with Crippen LogP contribution in [-0.2, 0) is 4.79 Å². The first kappa shape index (κ1) is 20.2. The van der Waals surface area contributed by atoms with E-state index in [0.29, 0.717) is 10.7 Å². The molecule has 0 aliphatic heterocycles. The van der Waals surface area contributed by atoms with E-state index in [1.54, 1.807) is 12.1 Å². The number of fused-ring (bicyclic) bond motifs is 1. The van der Waals surface area contributed by atoms with Crippen molar-refractivity contribution in [3.05, 3.63) is 76.3 Å². The second-order valence-corrected chi connectivity index (χ2v) is 7.71. The Hall–Kier alpha value is -2.56. The number of hydrogen-bond donors (Lipinski definition) is 2. The molecule has 1 atom stereocenters. The molecular weight excluding hydrogens is 395 g/mol. The van der Waals surface area contributed by atoms with E-state index in [0.717, 1.165) is 10.8 Å². The van der Waals surface area contributed by atoms with Gasteiger partial charge in [-0.3, -0.25) is 9.59 Å². The van der Waals surface area contributed by atoms with Crippen molar-refractivity contribution in [3.8, 4) is 0 Å². The summed E-state index contributed by atoms with van der Waals surface area (Å²) >= 11 is 12.0. The number of carbonyl (C=O) groups is 2. The van der Waals surface area contributed by atoms with E-state index in [4.69, 9.17) is 23.2 Å². The van der Waals surface area contributed by atoms with Crippen molar-refractivity contribution < 1.29 is 9.59 Å². The Balaban J connectivity index is 1.76. The molecule has 2 amide bonds. The molecule has 0 saturated carbocycles.